The number of nitriles is 1. The van der Waals surface area contributed by atoms with Crippen LogP contribution in [0.2, 0.25) is 0 Å². The lowest BCUT2D eigenvalue weighted by atomic mass is 9.47. The number of carbonyl (C=O) groups is 1. The molecule has 92 valence electrons. The molecule has 0 aromatic carbocycles. The van der Waals surface area contributed by atoms with Crippen molar-refractivity contribution in [3.8, 4) is 6.07 Å². The van der Waals surface area contributed by atoms with Gasteiger partial charge in [-0.2, -0.15) is 5.26 Å². The van der Waals surface area contributed by atoms with E-state index >= 15 is 0 Å². The van der Waals surface area contributed by atoms with Crippen LogP contribution in [0.4, 0.5) is 0 Å². The highest BCUT2D eigenvalue weighted by atomic mass is 16.4. The molecular weight excluding hydrogens is 214 g/mol. The molecule has 4 rings (SSSR count). The lowest BCUT2D eigenvalue weighted by Gasteiger charge is -2.56. The van der Waals surface area contributed by atoms with Crippen molar-refractivity contribution in [3.05, 3.63) is 0 Å². The highest BCUT2D eigenvalue weighted by Gasteiger charge is 2.57. The van der Waals surface area contributed by atoms with Crippen LogP contribution in [0.25, 0.3) is 0 Å². The molecule has 1 N–H and O–H groups in total. The van der Waals surface area contributed by atoms with Crippen LogP contribution in [0, 0.1) is 46.3 Å². The fourth-order valence-corrected chi connectivity index (χ4v) is 5.13. The van der Waals surface area contributed by atoms with Crippen molar-refractivity contribution in [2.75, 3.05) is 0 Å². The molecule has 4 aliphatic carbocycles. The van der Waals surface area contributed by atoms with E-state index < -0.39 is 11.4 Å². The molecule has 1 unspecified atom stereocenters. The Bertz CT molecular complexity index is 370. The smallest absolute Gasteiger partial charge is 0.324 e. The first-order valence-corrected chi connectivity index (χ1v) is 6.69. The Labute approximate surface area is 102 Å². The van der Waals surface area contributed by atoms with Crippen LogP contribution >= 0.6 is 0 Å². The van der Waals surface area contributed by atoms with Crippen LogP contribution in [0.3, 0.4) is 0 Å². The van der Waals surface area contributed by atoms with Gasteiger partial charge < -0.3 is 5.11 Å². The van der Waals surface area contributed by atoms with Crippen molar-refractivity contribution in [3.63, 3.8) is 0 Å². The third kappa shape index (κ3) is 1.43. The summed E-state index contributed by atoms with van der Waals surface area (Å²) in [7, 11) is 0. The van der Waals surface area contributed by atoms with Gasteiger partial charge in [0.2, 0.25) is 0 Å². The summed E-state index contributed by atoms with van der Waals surface area (Å²) in [6.45, 7) is 1.64. The zero-order valence-electron chi connectivity index (χ0n) is 10.2. The molecule has 4 aliphatic rings. The highest BCUT2D eigenvalue weighted by Crippen LogP contribution is 2.60. The van der Waals surface area contributed by atoms with Crippen LogP contribution in [0.5, 0.6) is 0 Å². The Morgan fingerprint density at radius 1 is 1.18 bits per heavy atom. The van der Waals surface area contributed by atoms with E-state index in [1.807, 2.05) is 0 Å². The van der Waals surface area contributed by atoms with E-state index in [1.165, 1.54) is 32.1 Å². The van der Waals surface area contributed by atoms with Crippen LogP contribution in [0.15, 0.2) is 0 Å². The summed E-state index contributed by atoms with van der Waals surface area (Å²) in [6.07, 6.45) is 6.03. The molecule has 0 heterocycles. The third-order valence-electron chi connectivity index (χ3n) is 5.57. The molecule has 1 atom stereocenters. The number of aliphatic carboxylic acids is 1. The van der Waals surface area contributed by atoms with Gasteiger partial charge in [0.1, 0.15) is 0 Å². The van der Waals surface area contributed by atoms with Gasteiger partial charge in [-0.15, -0.1) is 0 Å². The van der Waals surface area contributed by atoms with Gasteiger partial charge in [-0.05, 0) is 68.6 Å². The van der Waals surface area contributed by atoms with Crippen molar-refractivity contribution >= 4 is 5.97 Å². The minimum absolute atomic E-state index is 0.0952. The van der Waals surface area contributed by atoms with Gasteiger partial charge in [-0.1, -0.05) is 0 Å². The quantitative estimate of drug-likeness (QED) is 0.797. The van der Waals surface area contributed by atoms with Crippen molar-refractivity contribution in [1.82, 2.24) is 0 Å². The van der Waals surface area contributed by atoms with E-state index in [1.54, 1.807) is 6.92 Å². The average molecular weight is 233 g/mol. The number of nitrogens with zero attached hydrogens (tertiary/aromatic N) is 1. The normalized spacial score (nSPS) is 46.2. The molecular formula is C14H19NO2. The van der Waals surface area contributed by atoms with E-state index in [4.69, 9.17) is 0 Å². The fraction of sp³-hybridized carbons (Fsp3) is 0.857. The maximum atomic E-state index is 11.5. The second kappa shape index (κ2) is 3.48. The van der Waals surface area contributed by atoms with Crippen molar-refractivity contribution < 1.29 is 9.90 Å². The molecule has 3 heteroatoms. The van der Waals surface area contributed by atoms with Gasteiger partial charge >= 0.3 is 5.97 Å². The van der Waals surface area contributed by atoms with Crippen LogP contribution in [-0.4, -0.2) is 11.1 Å². The predicted octanol–water partition coefficient (Wildman–Crippen LogP) is 2.67. The molecule has 17 heavy (non-hydrogen) atoms. The number of hydrogen-bond acceptors (Lipinski definition) is 2. The zero-order chi connectivity index (χ0) is 12.2. The number of hydrogen-bond donors (Lipinski definition) is 1. The predicted molar refractivity (Wildman–Crippen MR) is 61.9 cm³/mol. The summed E-state index contributed by atoms with van der Waals surface area (Å²) < 4.78 is 0. The Hall–Kier alpha value is -1.04. The van der Waals surface area contributed by atoms with Crippen LogP contribution in [-0.2, 0) is 4.79 Å². The second-order valence-corrected chi connectivity index (χ2v) is 6.58. The second-order valence-electron chi connectivity index (χ2n) is 6.58. The maximum Gasteiger partial charge on any atom is 0.324 e. The Kier molecular flexibility index (Phi) is 2.26. The minimum atomic E-state index is -1.16. The van der Waals surface area contributed by atoms with E-state index in [0.717, 1.165) is 11.8 Å². The third-order valence-corrected chi connectivity index (χ3v) is 5.57. The van der Waals surface area contributed by atoms with E-state index in [2.05, 4.69) is 6.07 Å². The molecule has 0 saturated heterocycles. The molecule has 4 saturated carbocycles. The molecule has 4 bridgehead atoms. The monoisotopic (exact) mass is 233 g/mol. The summed E-state index contributed by atoms with van der Waals surface area (Å²) in [6, 6.07) is 2.11. The number of rotatable bonds is 2. The van der Waals surface area contributed by atoms with Gasteiger partial charge in [0.15, 0.2) is 5.41 Å². The molecule has 4 fully saturated rings. The molecule has 0 aromatic rings. The Morgan fingerprint density at radius 2 is 1.65 bits per heavy atom. The molecule has 0 spiro atoms. The SMILES string of the molecule is CC(C#N)(C(=O)O)C1C2CC3CC(C2)CC1C3. The van der Waals surface area contributed by atoms with Gasteiger partial charge in [0, 0.05) is 0 Å². The summed E-state index contributed by atoms with van der Waals surface area (Å²) in [5.41, 5.74) is -1.16. The van der Waals surface area contributed by atoms with Crippen LogP contribution in [0.1, 0.15) is 39.0 Å². The standard InChI is InChI=1S/C14H19NO2/c1-14(7-15,13(16)17)12-10-3-8-2-9(5-10)6-11(12)4-8/h8-12H,2-6H2,1H3,(H,16,17). The van der Waals surface area contributed by atoms with Gasteiger partial charge in [-0.3, -0.25) is 4.79 Å². The first kappa shape index (κ1) is 11.1. The van der Waals surface area contributed by atoms with Gasteiger partial charge in [0.05, 0.1) is 6.07 Å². The van der Waals surface area contributed by atoms with Gasteiger partial charge in [0.25, 0.3) is 0 Å². The Morgan fingerprint density at radius 3 is 2.00 bits per heavy atom. The zero-order valence-corrected chi connectivity index (χ0v) is 10.2. The first-order valence-electron chi connectivity index (χ1n) is 6.69. The summed E-state index contributed by atoms with van der Waals surface area (Å²) in [5, 5.41) is 18.7. The highest BCUT2D eigenvalue weighted by molar-refractivity contribution is 5.78. The molecule has 0 amide bonds. The summed E-state index contributed by atoms with van der Waals surface area (Å²) in [4.78, 5) is 11.5. The molecule has 0 aliphatic heterocycles. The lowest BCUT2D eigenvalue weighted by molar-refractivity contribution is -0.157. The topological polar surface area (TPSA) is 61.1 Å². The maximum absolute atomic E-state index is 11.5. The minimum Gasteiger partial charge on any atom is -0.480 e. The van der Waals surface area contributed by atoms with E-state index in [9.17, 15) is 15.2 Å². The fourth-order valence-electron chi connectivity index (χ4n) is 5.13. The van der Waals surface area contributed by atoms with E-state index in [-0.39, 0.29) is 5.92 Å². The van der Waals surface area contributed by atoms with Crippen LogP contribution < -0.4 is 0 Å². The molecule has 0 radical (unpaired) electrons. The summed E-state index contributed by atoms with van der Waals surface area (Å²) >= 11 is 0. The molecule has 3 nitrogen and oxygen atoms in total. The van der Waals surface area contributed by atoms with Gasteiger partial charge in [-0.25, -0.2) is 0 Å². The average Bonchev–Trinajstić information content (AvgIpc) is 2.26. The van der Waals surface area contributed by atoms with E-state index in [0.29, 0.717) is 11.8 Å². The summed E-state index contributed by atoms with van der Waals surface area (Å²) in [5.74, 6) is 1.81. The van der Waals surface area contributed by atoms with Crippen molar-refractivity contribution in [2.24, 2.45) is 35.0 Å². The van der Waals surface area contributed by atoms with Crippen molar-refractivity contribution in [1.29, 1.82) is 5.26 Å². The number of carboxylic acids is 1. The van der Waals surface area contributed by atoms with Crippen molar-refractivity contribution in [2.45, 2.75) is 39.0 Å². The number of carboxylic acid groups (broad SMARTS) is 1. The molecule has 0 aromatic heterocycles. The largest absolute Gasteiger partial charge is 0.480 e. The lowest BCUT2D eigenvalue weighted by Crippen LogP contribution is -2.52. The Balaban J connectivity index is 1.94. The first-order chi connectivity index (χ1) is 8.04.